The van der Waals surface area contributed by atoms with Gasteiger partial charge < -0.3 is 4.90 Å². The van der Waals surface area contributed by atoms with Gasteiger partial charge in [0, 0.05) is 46.9 Å². The van der Waals surface area contributed by atoms with Crippen LogP contribution in [-0.4, -0.2) is 0 Å². The van der Waals surface area contributed by atoms with Crippen molar-refractivity contribution in [2.75, 3.05) is 4.90 Å². The highest BCUT2D eigenvalue weighted by atomic mass is 32.1. The summed E-state index contributed by atoms with van der Waals surface area (Å²) >= 11 is 3.73. The van der Waals surface area contributed by atoms with Crippen LogP contribution >= 0.6 is 22.7 Å². The Morgan fingerprint density at radius 2 is 0.825 bits per heavy atom. The summed E-state index contributed by atoms with van der Waals surface area (Å²) in [7, 11) is 0. The molecule has 1 nitrogen and oxygen atoms in total. The Labute approximate surface area is 340 Å². The molecule has 0 spiro atoms. The second-order valence-corrected chi connectivity index (χ2v) is 16.6. The molecule has 3 heteroatoms. The fraction of sp³-hybridized carbons (Fsp3) is 0. The first-order valence-corrected chi connectivity index (χ1v) is 21.0. The van der Waals surface area contributed by atoms with Gasteiger partial charge in [-0.15, -0.1) is 22.7 Å². The summed E-state index contributed by atoms with van der Waals surface area (Å²) in [6.45, 7) is 0. The number of anilines is 3. The first kappa shape index (κ1) is 33.5. The summed E-state index contributed by atoms with van der Waals surface area (Å²) in [6, 6.07) is 77.7. The van der Waals surface area contributed by atoms with Crippen molar-refractivity contribution in [2.45, 2.75) is 0 Å². The molecule has 0 saturated carbocycles. The van der Waals surface area contributed by atoms with Crippen molar-refractivity contribution in [3.05, 3.63) is 212 Å². The molecule has 0 aliphatic carbocycles. The number of benzene rings is 9. The monoisotopic (exact) mass is 761 g/mol. The Morgan fingerprint density at radius 1 is 0.298 bits per heavy atom. The minimum Gasteiger partial charge on any atom is -0.308 e. The zero-order chi connectivity index (χ0) is 37.7. The average Bonchev–Trinajstić information content (AvgIpc) is 3.86. The normalized spacial score (nSPS) is 11.5. The molecule has 11 rings (SSSR count). The van der Waals surface area contributed by atoms with Gasteiger partial charge in [-0.1, -0.05) is 164 Å². The van der Waals surface area contributed by atoms with E-state index >= 15 is 0 Å². The third kappa shape index (κ3) is 5.83. The van der Waals surface area contributed by atoms with Crippen LogP contribution in [0.3, 0.4) is 0 Å². The maximum Gasteiger partial charge on any atom is 0.0640 e. The molecule has 2 aromatic heterocycles. The summed E-state index contributed by atoms with van der Waals surface area (Å²) in [4.78, 5) is 2.50. The number of hydrogen-bond acceptors (Lipinski definition) is 3. The number of nitrogens with zero attached hydrogens (tertiary/aromatic N) is 1. The first-order valence-electron chi connectivity index (χ1n) is 19.3. The molecular formula is C54H35NS2. The molecular weight excluding hydrogens is 727 g/mol. The molecule has 0 unspecified atom stereocenters. The summed E-state index contributed by atoms with van der Waals surface area (Å²) in [5, 5.41) is 5.20. The molecule has 268 valence electrons. The van der Waals surface area contributed by atoms with Gasteiger partial charge in [-0.25, -0.2) is 0 Å². The number of fused-ring (bicyclic) bond motifs is 6. The van der Waals surface area contributed by atoms with Crippen molar-refractivity contribution in [1.82, 2.24) is 0 Å². The van der Waals surface area contributed by atoms with Gasteiger partial charge in [-0.3, -0.25) is 0 Å². The average molecular weight is 762 g/mol. The van der Waals surface area contributed by atoms with E-state index < -0.39 is 0 Å². The van der Waals surface area contributed by atoms with Crippen LogP contribution in [0.4, 0.5) is 17.1 Å². The highest BCUT2D eigenvalue weighted by Gasteiger charge is 2.25. The van der Waals surface area contributed by atoms with Crippen LogP contribution in [0.1, 0.15) is 0 Å². The topological polar surface area (TPSA) is 3.24 Å². The van der Waals surface area contributed by atoms with E-state index in [1.807, 2.05) is 22.7 Å². The van der Waals surface area contributed by atoms with Crippen LogP contribution in [0.2, 0.25) is 0 Å². The summed E-state index contributed by atoms with van der Waals surface area (Å²) in [6.07, 6.45) is 0. The van der Waals surface area contributed by atoms with E-state index in [0.717, 1.165) is 17.1 Å². The predicted octanol–water partition coefficient (Wildman–Crippen LogP) is 16.6. The lowest BCUT2D eigenvalue weighted by Gasteiger charge is -2.30. The van der Waals surface area contributed by atoms with Gasteiger partial charge in [-0.2, -0.15) is 0 Å². The van der Waals surface area contributed by atoms with E-state index in [0.29, 0.717) is 0 Å². The number of hydrogen-bond donors (Lipinski definition) is 0. The van der Waals surface area contributed by atoms with Crippen molar-refractivity contribution < 1.29 is 0 Å². The lowest BCUT2D eigenvalue weighted by atomic mass is 9.87. The Hall–Kier alpha value is -6.78. The van der Waals surface area contributed by atoms with Crippen molar-refractivity contribution in [3.8, 4) is 44.5 Å². The SMILES string of the molecule is c1ccc(-c2ccccc2-c2c(-c3ccccc3)cccc2N(c2ccc(-c3ccc4sc5ccccc5c4c3)cc2)c2cccc3c2sc2ccccc23)cc1. The van der Waals surface area contributed by atoms with E-state index in [1.54, 1.807) is 0 Å². The standard InChI is InChI=1S/C54H35NS2/c1-3-15-37(16-4-1)41-19-7-8-22-45(41)53-42(38-17-5-2-6-18-38)23-13-25-48(53)55(49-26-14-24-46-43-20-9-12-28-51(43)57-54(46)49)40-32-29-36(30-33-40)39-31-34-52-47(35-39)44-21-10-11-27-50(44)56-52/h1-35H. The molecule has 11 aromatic rings. The molecule has 2 heterocycles. The van der Waals surface area contributed by atoms with Crippen molar-refractivity contribution >= 4 is 80.1 Å². The number of thiophene rings is 2. The van der Waals surface area contributed by atoms with Crippen LogP contribution in [0, 0.1) is 0 Å². The third-order valence-electron chi connectivity index (χ3n) is 11.1. The smallest absolute Gasteiger partial charge is 0.0640 e. The van der Waals surface area contributed by atoms with Crippen LogP contribution < -0.4 is 4.90 Å². The second-order valence-electron chi connectivity index (χ2n) is 14.4. The zero-order valence-electron chi connectivity index (χ0n) is 31.0. The molecule has 0 aliphatic heterocycles. The van der Waals surface area contributed by atoms with Gasteiger partial charge in [0.25, 0.3) is 0 Å². The van der Waals surface area contributed by atoms with E-state index in [2.05, 4.69) is 217 Å². The van der Waals surface area contributed by atoms with Crippen LogP contribution in [0.25, 0.3) is 84.9 Å². The quantitative estimate of drug-likeness (QED) is 0.156. The molecule has 0 N–H and O–H groups in total. The molecule has 0 radical (unpaired) electrons. The van der Waals surface area contributed by atoms with Gasteiger partial charge >= 0.3 is 0 Å². The lowest BCUT2D eigenvalue weighted by Crippen LogP contribution is -2.12. The highest BCUT2D eigenvalue weighted by molar-refractivity contribution is 7.26. The van der Waals surface area contributed by atoms with Gasteiger partial charge in [0.05, 0.1) is 16.1 Å². The van der Waals surface area contributed by atoms with Gasteiger partial charge in [-0.05, 0) is 87.5 Å². The van der Waals surface area contributed by atoms with E-state index in [9.17, 15) is 0 Å². The highest BCUT2D eigenvalue weighted by Crippen LogP contribution is 2.51. The van der Waals surface area contributed by atoms with Crippen LogP contribution in [0.15, 0.2) is 212 Å². The van der Waals surface area contributed by atoms with Crippen LogP contribution in [-0.2, 0) is 0 Å². The van der Waals surface area contributed by atoms with Gasteiger partial charge in [0.15, 0.2) is 0 Å². The van der Waals surface area contributed by atoms with Gasteiger partial charge in [0.2, 0.25) is 0 Å². The first-order chi connectivity index (χ1) is 28.3. The maximum atomic E-state index is 2.50. The largest absolute Gasteiger partial charge is 0.308 e. The summed E-state index contributed by atoms with van der Waals surface area (Å²) in [5.41, 5.74) is 13.0. The van der Waals surface area contributed by atoms with Crippen molar-refractivity contribution in [3.63, 3.8) is 0 Å². The fourth-order valence-electron chi connectivity index (χ4n) is 8.46. The Balaban J connectivity index is 1.16. The fourth-order valence-corrected chi connectivity index (χ4v) is 10.8. The molecule has 0 bridgehead atoms. The Kier molecular flexibility index (Phi) is 8.28. The Morgan fingerprint density at radius 3 is 1.58 bits per heavy atom. The van der Waals surface area contributed by atoms with E-state index in [-0.39, 0.29) is 0 Å². The minimum absolute atomic E-state index is 1.11. The molecule has 9 aromatic carbocycles. The van der Waals surface area contributed by atoms with Crippen molar-refractivity contribution in [1.29, 1.82) is 0 Å². The maximum absolute atomic E-state index is 2.50. The Bertz CT molecular complexity index is 3230. The van der Waals surface area contributed by atoms with E-state index in [1.165, 1.54) is 84.9 Å². The molecule has 57 heavy (non-hydrogen) atoms. The molecule has 0 saturated heterocycles. The molecule has 0 atom stereocenters. The second kappa shape index (κ2) is 14.1. The molecule has 0 amide bonds. The number of rotatable bonds is 7. The summed E-state index contributed by atoms with van der Waals surface area (Å²) in [5.74, 6) is 0. The van der Waals surface area contributed by atoms with Gasteiger partial charge in [0.1, 0.15) is 0 Å². The zero-order valence-corrected chi connectivity index (χ0v) is 32.6. The van der Waals surface area contributed by atoms with E-state index in [4.69, 9.17) is 0 Å². The molecule has 0 fully saturated rings. The predicted molar refractivity (Wildman–Crippen MR) is 249 cm³/mol. The minimum atomic E-state index is 1.11. The third-order valence-corrected chi connectivity index (χ3v) is 13.5. The van der Waals surface area contributed by atoms with Crippen LogP contribution in [0.5, 0.6) is 0 Å². The lowest BCUT2D eigenvalue weighted by molar-refractivity contribution is 1.30. The summed E-state index contributed by atoms with van der Waals surface area (Å²) < 4.78 is 5.21. The van der Waals surface area contributed by atoms with Crippen molar-refractivity contribution in [2.24, 2.45) is 0 Å². The molecule has 0 aliphatic rings.